The SMILES string of the molecule is CCOc1ccc([C@H]2/C(=C(\O)c3ccc4c(c3)OCCO4)C(=O)C(=O)N2c2nc3c(C)cc(C)cc3s2)cc1. The number of amides is 1. The molecule has 0 radical (unpaired) electrons. The van der Waals surface area contributed by atoms with E-state index in [2.05, 4.69) is 0 Å². The van der Waals surface area contributed by atoms with Crippen LogP contribution in [0.15, 0.2) is 60.2 Å². The normalized spacial score (nSPS) is 18.1. The molecule has 9 heteroatoms. The van der Waals surface area contributed by atoms with Gasteiger partial charge in [0.1, 0.15) is 24.7 Å². The van der Waals surface area contributed by atoms with E-state index in [9.17, 15) is 14.7 Å². The average molecular weight is 543 g/mol. The van der Waals surface area contributed by atoms with E-state index in [1.54, 1.807) is 42.5 Å². The first-order valence-electron chi connectivity index (χ1n) is 12.7. The molecule has 39 heavy (non-hydrogen) atoms. The Morgan fingerprint density at radius 2 is 1.79 bits per heavy atom. The highest BCUT2D eigenvalue weighted by Crippen LogP contribution is 2.45. The van der Waals surface area contributed by atoms with Crippen molar-refractivity contribution in [1.82, 2.24) is 4.98 Å². The average Bonchev–Trinajstić information content (AvgIpc) is 3.47. The van der Waals surface area contributed by atoms with Crippen LogP contribution < -0.4 is 19.1 Å². The van der Waals surface area contributed by atoms with E-state index in [1.807, 2.05) is 32.9 Å². The third-order valence-corrected chi connectivity index (χ3v) is 7.79. The van der Waals surface area contributed by atoms with Crippen molar-refractivity contribution in [2.45, 2.75) is 26.8 Å². The van der Waals surface area contributed by atoms with Crippen molar-refractivity contribution >= 4 is 44.1 Å². The van der Waals surface area contributed by atoms with Gasteiger partial charge in [-0.15, -0.1) is 0 Å². The molecule has 2 aliphatic rings. The van der Waals surface area contributed by atoms with Crippen LogP contribution in [0.3, 0.4) is 0 Å². The zero-order valence-corrected chi connectivity index (χ0v) is 22.5. The smallest absolute Gasteiger partial charge is 0.301 e. The molecule has 0 aliphatic carbocycles. The summed E-state index contributed by atoms with van der Waals surface area (Å²) in [5.74, 6) is -0.138. The molecular formula is C30H26N2O6S. The number of Topliss-reactive ketones (excluding diaryl/α,β-unsaturated/α-hetero) is 1. The summed E-state index contributed by atoms with van der Waals surface area (Å²) < 4.78 is 17.8. The molecule has 0 unspecified atom stereocenters. The van der Waals surface area contributed by atoms with Gasteiger partial charge in [0, 0.05) is 5.56 Å². The molecule has 8 nitrogen and oxygen atoms in total. The number of carbonyl (C=O) groups is 2. The van der Waals surface area contributed by atoms with Crippen LogP contribution in [-0.4, -0.2) is 41.6 Å². The third-order valence-electron chi connectivity index (χ3n) is 6.79. The Balaban J connectivity index is 1.53. The number of anilines is 1. The second-order valence-corrected chi connectivity index (χ2v) is 10.5. The minimum Gasteiger partial charge on any atom is -0.507 e. The first-order valence-corrected chi connectivity index (χ1v) is 13.5. The number of benzene rings is 3. The lowest BCUT2D eigenvalue weighted by atomic mass is 9.95. The molecule has 1 amide bonds. The minimum atomic E-state index is -0.893. The van der Waals surface area contributed by atoms with Crippen LogP contribution in [0.2, 0.25) is 0 Å². The van der Waals surface area contributed by atoms with Crippen LogP contribution >= 0.6 is 11.3 Å². The summed E-state index contributed by atoms with van der Waals surface area (Å²) in [5, 5.41) is 11.9. The third kappa shape index (κ3) is 4.28. The molecule has 0 spiro atoms. The molecule has 0 bridgehead atoms. The number of thiazole rings is 1. The van der Waals surface area contributed by atoms with Crippen LogP contribution in [0.25, 0.3) is 16.0 Å². The predicted octanol–water partition coefficient (Wildman–Crippen LogP) is 5.71. The largest absolute Gasteiger partial charge is 0.507 e. The standard InChI is InChI=1S/C30H26N2O6S/c1-4-36-20-8-5-18(6-9-20)26-24(27(33)19-7-10-21-22(15-19)38-12-11-37-21)28(34)29(35)32(26)30-31-25-17(3)13-16(2)14-23(25)39-30/h5-10,13-15,26,33H,4,11-12H2,1-3H3/b27-24+/t26-/m0/s1. The van der Waals surface area contributed by atoms with Gasteiger partial charge in [-0.25, -0.2) is 4.98 Å². The zero-order chi connectivity index (χ0) is 27.3. The van der Waals surface area contributed by atoms with E-state index >= 15 is 0 Å². The van der Waals surface area contributed by atoms with Gasteiger partial charge in [-0.1, -0.05) is 29.5 Å². The van der Waals surface area contributed by atoms with Crippen molar-refractivity contribution in [3.63, 3.8) is 0 Å². The maximum absolute atomic E-state index is 13.6. The molecule has 1 N–H and O–H groups in total. The lowest BCUT2D eigenvalue weighted by Crippen LogP contribution is -2.29. The van der Waals surface area contributed by atoms with E-state index in [4.69, 9.17) is 19.2 Å². The summed E-state index contributed by atoms with van der Waals surface area (Å²) in [6.45, 7) is 7.19. The van der Waals surface area contributed by atoms with Gasteiger partial charge in [0.05, 0.1) is 28.4 Å². The number of aliphatic hydroxyl groups is 1. The highest BCUT2D eigenvalue weighted by Gasteiger charge is 2.48. The Bertz CT molecular complexity index is 1660. The number of nitrogens with zero attached hydrogens (tertiary/aromatic N) is 2. The quantitative estimate of drug-likeness (QED) is 0.196. The van der Waals surface area contributed by atoms with Gasteiger partial charge in [-0.2, -0.15) is 0 Å². The molecule has 1 atom stereocenters. The van der Waals surface area contributed by atoms with Gasteiger partial charge in [0.25, 0.3) is 5.78 Å². The number of aryl methyl sites for hydroxylation is 2. The first-order chi connectivity index (χ1) is 18.9. The number of hydrogen-bond donors (Lipinski definition) is 1. The van der Waals surface area contributed by atoms with Crippen LogP contribution in [-0.2, 0) is 9.59 Å². The van der Waals surface area contributed by atoms with Crippen molar-refractivity contribution in [3.8, 4) is 17.2 Å². The second kappa shape index (κ2) is 9.74. The Morgan fingerprint density at radius 3 is 2.54 bits per heavy atom. The topological polar surface area (TPSA) is 98.2 Å². The van der Waals surface area contributed by atoms with Crippen LogP contribution in [0.5, 0.6) is 17.2 Å². The number of aliphatic hydroxyl groups excluding tert-OH is 1. The molecule has 3 aromatic carbocycles. The van der Waals surface area contributed by atoms with Crippen LogP contribution in [0.4, 0.5) is 5.13 Å². The molecule has 3 heterocycles. The van der Waals surface area contributed by atoms with Gasteiger partial charge in [-0.3, -0.25) is 14.5 Å². The fourth-order valence-corrected chi connectivity index (χ4v) is 6.23. The summed E-state index contributed by atoms with van der Waals surface area (Å²) in [5.41, 5.74) is 3.82. The van der Waals surface area contributed by atoms with Crippen molar-refractivity contribution in [2.75, 3.05) is 24.7 Å². The second-order valence-electron chi connectivity index (χ2n) is 9.45. The monoisotopic (exact) mass is 542 g/mol. The highest BCUT2D eigenvalue weighted by atomic mass is 32.1. The number of rotatable bonds is 5. The van der Waals surface area contributed by atoms with E-state index < -0.39 is 17.7 Å². The summed E-state index contributed by atoms with van der Waals surface area (Å²) >= 11 is 1.34. The minimum absolute atomic E-state index is 0.0204. The molecule has 6 rings (SSSR count). The molecular weight excluding hydrogens is 516 g/mol. The number of hydrogen-bond acceptors (Lipinski definition) is 8. The van der Waals surface area contributed by atoms with Gasteiger partial charge >= 0.3 is 5.91 Å². The number of ether oxygens (including phenoxy) is 3. The molecule has 1 fully saturated rings. The summed E-state index contributed by atoms with van der Waals surface area (Å²) in [6.07, 6.45) is 0. The van der Waals surface area contributed by atoms with Crippen molar-refractivity contribution in [1.29, 1.82) is 0 Å². The number of ketones is 1. The van der Waals surface area contributed by atoms with Crippen molar-refractivity contribution < 1.29 is 28.9 Å². The maximum atomic E-state index is 13.6. The number of aromatic nitrogens is 1. The van der Waals surface area contributed by atoms with Crippen molar-refractivity contribution in [3.05, 3.63) is 82.4 Å². The molecule has 1 saturated heterocycles. The number of fused-ring (bicyclic) bond motifs is 2. The molecule has 2 aliphatic heterocycles. The first kappa shape index (κ1) is 24.9. The Labute approximate surface area is 229 Å². The Morgan fingerprint density at radius 1 is 1.05 bits per heavy atom. The summed E-state index contributed by atoms with van der Waals surface area (Å²) in [4.78, 5) is 33.3. The van der Waals surface area contributed by atoms with E-state index in [0.29, 0.717) is 53.3 Å². The lowest BCUT2D eigenvalue weighted by molar-refractivity contribution is -0.132. The van der Waals surface area contributed by atoms with E-state index in [-0.39, 0.29) is 11.3 Å². The van der Waals surface area contributed by atoms with Gasteiger partial charge in [0.15, 0.2) is 16.6 Å². The van der Waals surface area contributed by atoms with E-state index in [1.165, 1.54) is 16.2 Å². The summed E-state index contributed by atoms with van der Waals surface area (Å²) in [7, 11) is 0. The lowest BCUT2D eigenvalue weighted by Gasteiger charge is -2.23. The zero-order valence-electron chi connectivity index (χ0n) is 21.7. The van der Waals surface area contributed by atoms with Crippen LogP contribution in [0, 0.1) is 13.8 Å². The highest BCUT2D eigenvalue weighted by molar-refractivity contribution is 7.22. The van der Waals surface area contributed by atoms with Gasteiger partial charge < -0.3 is 19.3 Å². The summed E-state index contributed by atoms with van der Waals surface area (Å²) in [6, 6.07) is 15.3. The molecule has 198 valence electrons. The predicted molar refractivity (Wildman–Crippen MR) is 149 cm³/mol. The molecule has 1 aromatic heterocycles. The molecule has 0 saturated carbocycles. The fraction of sp³-hybridized carbons (Fsp3) is 0.233. The fourth-order valence-electron chi connectivity index (χ4n) is 5.07. The van der Waals surface area contributed by atoms with Crippen molar-refractivity contribution in [2.24, 2.45) is 0 Å². The molecule has 4 aromatic rings. The van der Waals surface area contributed by atoms with Gasteiger partial charge in [0.2, 0.25) is 0 Å². The maximum Gasteiger partial charge on any atom is 0.301 e. The Kier molecular flexibility index (Phi) is 6.23. The van der Waals surface area contributed by atoms with E-state index in [0.717, 1.165) is 21.3 Å². The number of carbonyl (C=O) groups excluding carboxylic acids is 2. The Hall–Kier alpha value is -4.37. The van der Waals surface area contributed by atoms with Gasteiger partial charge in [-0.05, 0) is 73.9 Å². The van der Waals surface area contributed by atoms with Crippen LogP contribution in [0.1, 0.15) is 35.2 Å².